The van der Waals surface area contributed by atoms with E-state index in [-0.39, 0.29) is 6.09 Å². The fraction of sp³-hybridized carbons (Fsp3) is 0.944. The molecule has 1 aliphatic rings. The van der Waals surface area contributed by atoms with Crippen molar-refractivity contribution in [3.8, 4) is 0 Å². The monoisotopic (exact) mass is 327 g/mol. The smallest absolute Gasteiger partial charge is 0.410 e. The molecule has 0 aromatic heterocycles. The van der Waals surface area contributed by atoms with E-state index in [2.05, 4.69) is 31.1 Å². The Bertz CT molecular complexity index is 345. The van der Waals surface area contributed by atoms with Crippen molar-refractivity contribution in [2.75, 3.05) is 39.8 Å². The van der Waals surface area contributed by atoms with Crippen molar-refractivity contribution in [1.82, 2.24) is 15.1 Å². The molecule has 0 aromatic carbocycles. The van der Waals surface area contributed by atoms with E-state index in [1.54, 1.807) is 0 Å². The van der Waals surface area contributed by atoms with Gasteiger partial charge in [-0.15, -0.1) is 0 Å². The zero-order chi connectivity index (χ0) is 17.5. The molecule has 136 valence electrons. The van der Waals surface area contributed by atoms with Gasteiger partial charge in [-0.05, 0) is 86.5 Å². The Morgan fingerprint density at radius 2 is 1.91 bits per heavy atom. The normalized spacial score (nSPS) is 17.1. The lowest BCUT2D eigenvalue weighted by Gasteiger charge is -2.33. The third-order valence-electron chi connectivity index (χ3n) is 4.45. The largest absolute Gasteiger partial charge is 0.444 e. The van der Waals surface area contributed by atoms with Crippen LogP contribution >= 0.6 is 0 Å². The number of hydrogen-bond donors (Lipinski definition) is 1. The number of carbonyl (C=O) groups is 1. The second-order valence-electron chi connectivity index (χ2n) is 8.04. The van der Waals surface area contributed by atoms with Gasteiger partial charge in [0.1, 0.15) is 5.60 Å². The van der Waals surface area contributed by atoms with Gasteiger partial charge in [0.25, 0.3) is 0 Å². The number of carbonyl (C=O) groups excluding carboxylic acids is 1. The van der Waals surface area contributed by atoms with Crippen LogP contribution in [0.2, 0.25) is 0 Å². The average molecular weight is 328 g/mol. The van der Waals surface area contributed by atoms with Crippen LogP contribution in [0.5, 0.6) is 0 Å². The predicted octanol–water partition coefficient (Wildman–Crippen LogP) is 2.95. The number of rotatable bonds is 7. The Morgan fingerprint density at radius 3 is 2.43 bits per heavy atom. The molecule has 1 heterocycles. The molecule has 0 unspecified atom stereocenters. The van der Waals surface area contributed by atoms with Crippen molar-refractivity contribution in [3.05, 3.63) is 0 Å². The van der Waals surface area contributed by atoms with E-state index in [1.165, 1.54) is 6.42 Å². The van der Waals surface area contributed by atoms with Crippen LogP contribution in [0.4, 0.5) is 4.79 Å². The fourth-order valence-electron chi connectivity index (χ4n) is 2.66. The van der Waals surface area contributed by atoms with E-state index in [0.29, 0.717) is 12.0 Å². The highest BCUT2D eigenvalue weighted by molar-refractivity contribution is 5.68. The first-order valence-electron chi connectivity index (χ1n) is 9.08. The summed E-state index contributed by atoms with van der Waals surface area (Å²) >= 11 is 0. The number of nitrogens with zero attached hydrogens (tertiary/aromatic N) is 2. The third kappa shape index (κ3) is 8.56. The lowest BCUT2D eigenvalue weighted by molar-refractivity contribution is 0.0184. The first-order chi connectivity index (χ1) is 10.7. The Balaban J connectivity index is 2.11. The van der Waals surface area contributed by atoms with Gasteiger partial charge >= 0.3 is 6.09 Å². The summed E-state index contributed by atoms with van der Waals surface area (Å²) in [6.07, 6.45) is 3.16. The van der Waals surface area contributed by atoms with Crippen LogP contribution in [-0.4, -0.2) is 67.3 Å². The van der Waals surface area contributed by atoms with E-state index in [4.69, 9.17) is 4.74 Å². The molecule has 1 aliphatic heterocycles. The standard InChI is InChI=1S/C18H37N3O2/c1-15(2)20(6)11-7-10-19-14-16-8-12-21(13-9-16)17(22)23-18(3,4)5/h15-16,19H,7-14H2,1-6H3. The SMILES string of the molecule is CC(C)N(C)CCCNCC1CCN(C(=O)OC(C)(C)C)CC1. The van der Waals surface area contributed by atoms with Crippen molar-refractivity contribution in [3.63, 3.8) is 0 Å². The maximum Gasteiger partial charge on any atom is 0.410 e. The molecular formula is C18H37N3O2. The Kier molecular flexibility index (Phi) is 8.34. The fourth-order valence-corrected chi connectivity index (χ4v) is 2.66. The van der Waals surface area contributed by atoms with Crippen LogP contribution in [0.3, 0.4) is 0 Å². The second-order valence-corrected chi connectivity index (χ2v) is 8.04. The van der Waals surface area contributed by atoms with Gasteiger partial charge in [0.05, 0.1) is 0 Å². The molecule has 0 aromatic rings. The highest BCUT2D eigenvalue weighted by atomic mass is 16.6. The van der Waals surface area contributed by atoms with Gasteiger partial charge in [0, 0.05) is 19.1 Å². The molecule has 0 saturated carbocycles. The molecule has 1 saturated heterocycles. The minimum atomic E-state index is -0.404. The van der Waals surface area contributed by atoms with Crippen LogP contribution in [0.1, 0.15) is 53.9 Å². The number of likely N-dealkylation sites (tertiary alicyclic amines) is 1. The van der Waals surface area contributed by atoms with Crippen LogP contribution in [0.25, 0.3) is 0 Å². The molecule has 0 radical (unpaired) electrons. The van der Waals surface area contributed by atoms with Crippen LogP contribution in [0, 0.1) is 5.92 Å². The van der Waals surface area contributed by atoms with E-state index in [0.717, 1.165) is 45.6 Å². The molecule has 1 rings (SSSR count). The summed E-state index contributed by atoms with van der Waals surface area (Å²) in [7, 11) is 2.18. The zero-order valence-corrected chi connectivity index (χ0v) is 16.0. The highest BCUT2D eigenvalue weighted by Crippen LogP contribution is 2.19. The number of amides is 1. The van der Waals surface area contributed by atoms with Crippen LogP contribution in [-0.2, 0) is 4.74 Å². The molecule has 1 N–H and O–H groups in total. The van der Waals surface area contributed by atoms with Gasteiger partial charge < -0.3 is 19.9 Å². The van der Waals surface area contributed by atoms with Crippen molar-refractivity contribution < 1.29 is 9.53 Å². The lowest BCUT2D eigenvalue weighted by atomic mass is 9.97. The number of nitrogens with one attached hydrogen (secondary N) is 1. The highest BCUT2D eigenvalue weighted by Gasteiger charge is 2.26. The number of hydrogen-bond acceptors (Lipinski definition) is 4. The maximum atomic E-state index is 12.0. The first-order valence-corrected chi connectivity index (χ1v) is 9.08. The van der Waals surface area contributed by atoms with E-state index < -0.39 is 5.60 Å². The van der Waals surface area contributed by atoms with E-state index in [9.17, 15) is 4.79 Å². The molecule has 0 atom stereocenters. The zero-order valence-electron chi connectivity index (χ0n) is 16.0. The quantitative estimate of drug-likeness (QED) is 0.730. The molecule has 1 amide bonds. The third-order valence-corrected chi connectivity index (χ3v) is 4.45. The van der Waals surface area contributed by atoms with Gasteiger partial charge in [-0.3, -0.25) is 0 Å². The summed E-state index contributed by atoms with van der Waals surface area (Å²) in [6.45, 7) is 15.1. The minimum Gasteiger partial charge on any atom is -0.444 e. The Labute approximate surface area is 142 Å². The molecule has 23 heavy (non-hydrogen) atoms. The minimum absolute atomic E-state index is 0.166. The summed E-state index contributed by atoms with van der Waals surface area (Å²) in [4.78, 5) is 16.2. The van der Waals surface area contributed by atoms with Gasteiger partial charge in [-0.1, -0.05) is 0 Å². The van der Waals surface area contributed by atoms with Crippen molar-refractivity contribution in [2.45, 2.75) is 65.5 Å². The van der Waals surface area contributed by atoms with E-state index in [1.807, 2.05) is 25.7 Å². The van der Waals surface area contributed by atoms with Crippen molar-refractivity contribution in [2.24, 2.45) is 5.92 Å². The summed E-state index contributed by atoms with van der Waals surface area (Å²) < 4.78 is 5.43. The summed E-state index contributed by atoms with van der Waals surface area (Å²) in [5.41, 5.74) is -0.404. The number of ether oxygens (including phenoxy) is 1. The van der Waals surface area contributed by atoms with Crippen molar-refractivity contribution >= 4 is 6.09 Å². The molecule has 5 nitrogen and oxygen atoms in total. The average Bonchev–Trinajstić information content (AvgIpc) is 2.45. The first kappa shape index (κ1) is 20.2. The number of piperidine rings is 1. The molecular weight excluding hydrogens is 290 g/mol. The Hall–Kier alpha value is -0.810. The van der Waals surface area contributed by atoms with E-state index >= 15 is 0 Å². The van der Waals surface area contributed by atoms with Crippen molar-refractivity contribution in [1.29, 1.82) is 0 Å². The Morgan fingerprint density at radius 1 is 1.30 bits per heavy atom. The molecule has 0 aliphatic carbocycles. The molecule has 0 spiro atoms. The topological polar surface area (TPSA) is 44.8 Å². The predicted molar refractivity (Wildman–Crippen MR) is 95.8 cm³/mol. The van der Waals surface area contributed by atoms with Gasteiger partial charge in [-0.2, -0.15) is 0 Å². The summed E-state index contributed by atoms with van der Waals surface area (Å²) in [6, 6.07) is 0.618. The van der Waals surface area contributed by atoms with Gasteiger partial charge in [-0.25, -0.2) is 4.79 Å². The lowest BCUT2D eigenvalue weighted by Crippen LogP contribution is -2.43. The van der Waals surface area contributed by atoms with Crippen LogP contribution in [0.15, 0.2) is 0 Å². The molecule has 0 bridgehead atoms. The molecule has 1 fully saturated rings. The maximum absolute atomic E-state index is 12.0. The van der Waals surface area contributed by atoms with Crippen LogP contribution < -0.4 is 5.32 Å². The van der Waals surface area contributed by atoms with Gasteiger partial charge in [0.2, 0.25) is 0 Å². The summed E-state index contributed by atoms with van der Waals surface area (Å²) in [5.74, 6) is 0.677. The summed E-state index contributed by atoms with van der Waals surface area (Å²) in [5, 5.41) is 3.57. The molecule has 5 heteroatoms. The van der Waals surface area contributed by atoms with Gasteiger partial charge in [0.15, 0.2) is 0 Å². The second kappa shape index (κ2) is 9.48.